The van der Waals surface area contributed by atoms with Crippen molar-refractivity contribution in [2.45, 2.75) is 0 Å². The summed E-state index contributed by atoms with van der Waals surface area (Å²) in [6.45, 7) is -0.133. The van der Waals surface area contributed by atoms with E-state index in [4.69, 9.17) is 21.8 Å². The molecule has 0 bridgehead atoms. The van der Waals surface area contributed by atoms with Crippen molar-refractivity contribution < 1.29 is 15.0 Å². The van der Waals surface area contributed by atoms with Gasteiger partial charge in [0.2, 0.25) is 0 Å². The van der Waals surface area contributed by atoms with Gasteiger partial charge in [-0.15, -0.1) is 0 Å². The number of carboxylic acid groups (broad SMARTS) is 1. The lowest BCUT2D eigenvalue weighted by molar-refractivity contribution is 0.0696. The third-order valence-electron chi connectivity index (χ3n) is 1.65. The number of rotatable bonds is 3. The van der Waals surface area contributed by atoms with Crippen molar-refractivity contribution in [3.8, 4) is 0 Å². The van der Waals surface area contributed by atoms with E-state index in [1.165, 1.54) is 30.4 Å². The Labute approximate surface area is 86.3 Å². The SMILES string of the molecule is O=C(O)c1ccc(Cl)cc1C=CCO. The Morgan fingerprint density at radius 3 is 2.79 bits per heavy atom. The van der Waals surface area contributed by atoms with E-state index in [0.717, 1.165) is 0 Å². The van der Waals surface area contributed by atoms with Gasteiger partial charge >= 0.3 is 5.97 Å². The normalized spacial score (nSPS) is 10.7. The summed E-state index contributed by atoms with van der Waals surface area (Å²) < 4.78 is 0. The third-order valence-corrected chi connectivity index (χ3v) is 1.88. The van der Waals surface area contributed by atoms with Crippen LogP contribution < -0.4 is 0 Å². The molecule has 2 N–H and O–H groups in total. The van der Waals surface area contributed by atoms with Gasteiger partial charge in [-0.1, -0.05) is 23.8 Å². The van der Waals surface area contributed by atoms with Crippen LogP contribution in [0.15, 0.2) is 24.3 Å². The summed E-state index contributed by atoms with van der Waals surface area (Å²) in [7, 11) is 0. The second-order valence-electron chi connectivity index (χ2n) is 2.62. The van der Waals surface area contributed by atoms with Crippen molar-refractivity contribution in [2.75, 3.05) is 6.61 Å². The second kappa shape index (κ2) is 4.79. The van der Waals surface area contributed by atoms with E-state index in [-0.39, 0.29) is 12.2 Å². The van der Waals surface area contributed by atoms with Crippen LogP contribution in [0.2, 0.25) is 5.02 Å². The van der Waals surface area contributed by atoms with Crippen LogP contribution in [0.25, 0.3) is 6.08 Å². The largest absolute Gasteiger partial charge is 0.478 e. The molecule has 0 saturated carbocycles. The highest BCUT2D eigenvalue weighted by Gasteiger charge is 2.07. The Bertz CT molecular complexity index is 372. The van der Waals surface area contributed by atoms with Crippen LogP contribution in [0.3, 0.4) is 0 Å². The van der Waals surface area contributed by atoms with E-state index in [1.54, 1.807) is 0 Å². The van der Waals surface area contributed by atoms with Crippen LogP contribution in [0, 0.1) is 0 Å². The number of aliphatic hydroxyl groups is 1. The lowest BCUT2D eigenvalue weighted by Crippen LogP contribution is -1.99. The summed E-state index contributed by atoms with van der Waals surface area (Å²) in [5.74, 6) is -1.01. The predicted molar refractivity (Wildman–Crippen MR) is 54.5 cm³/mol. The van der Waals surface area contributed by atoms with Gasteiger partial charge in [-0.2, -0.15) is 0 Å². The zero-order valence-corrected chi connectivity index (χ0v) is 8.03. The maximum atomic E-state index is 10.8. The summed E-state index contributed by atoms with van der Waals surface area (Å²) in [5.41, 5.74) is 0.651. The quantitative estimate of drug-likeness (QED) is 0.806. The van der Waals surface area contributed by atoms with Gasteiger partial charge in [0.25, 0.3) is 0 Å². The van der Waals surface area contributed by atoms with Crippen LogP contribution in [-0.2, 0) is 0 Å². The average molecular weight is 213 g/mol. The summed E-state index contributed by atoms with van der Waals surface area (Å²) in [5, 5.41) is 17.8. The summed E-state index contributed by atoms with van der Waals surface area (Å²) >= 11 is 5.71. The lowest BCUT2D eigenvalue weighted by Gasteiger charge is -2.01. The molecule has 4 heteroatoms. The first-order valence-corrected chi connectivity index (χ1v) is 4.33. The van der Waals surface area contributed by atoms with Gasteiger partial charge in [-0.25, -0.2) is 4.79 Å². The topological polar surface area (TPSA) is 57.5 Å². The standard InChI is InChI=1S/C10H9ClO3/c11-8-3-4-9(10(13)14)7(6-8)2-1-5-12/h1-4,6,12H,5H2,(H,13,14). The van der Waals surface area contributed by atoms with Crippen molar-refractivity contribution >= 4 is 23.6 Å². The van der Waals surface area contributed by atoms with Gasteiger partial charge in [0.15, 0.2) is 0 Å². The number of aromatic carboxylic acids is 1. The van der Waals surface area contributed by atoms with Crippen molar-refractivity contribution in [1.29, 1.82) is 0 Å². The molecular weight excluding hydrogens is 204 g/mol. The maximum absolute atomic E-state index is 10.8. The van der Waals surface area contributed by atoms with E-state index in [0.29, 0.717) is 10.6 Å². The van der Waals surface area contributed by atoms with Gasteiger partial charge in [0.05, 0.1) is 12.2 Å². The molecule has 1 aromatic rings. The van der Waals surface area contributed by atoms with E-state index in [2.05, 4.69) is 0 Å². The molecule has 0 aliphatic rings. The predicted octanol–water partition coefficient (Wildman–Crippen LogP) is 2.04. The molecule has 0 aliphatic carbocycles. The minimum atomic E-state index is -1.01. The molecule has 0 aliphatic heterocycles. The molecular formula is C10H9ClO3. The molecule has 0 radical (unpaired) electrons. The number of benzene rings is 1. The third kappa shape index (κ3) is 2.58. The van der Waals surface area contributed by atoms with Gasteiger partial charge in [0.1, 0.15) is 0 Å². The summed E-state index contributed by atoms with van der Waals surface area (Å²) in [4.78, 5) is 10.8. The highest BCUT2D eigenvalue weighted by molar-refractivity contribution is 6.30. The highest BCUT2D eigenvalue weighted by atomic mass is 35.5. The highest BCUT2D eigenvalue weighted by Crippen LogP contribution is 2.17. The van der Waals surface area contributed by atoms with E-state index in [1.807, 2.05) is 0 Å². The molecule has 0 heterocycles. The zero-order chi connectivity index (χ0) is 10.6. The van der Waals surface area contributed by atoms with Gasteiger partial charge in [-0.05, 0) is 23.8 Å². The molecule has 0 unspecified atom stereocenters. The smallest absolute Gasteiger partial charge is 0.336 e. The number of aliphatic hydroxyl groups excluding tert-OH is 1. The van der Waals surface area contributed by atoms with Gasteiger partial charge in [-0.3, -0.25) is 0 Å². The maximum Gasteiger partial charge on any atom is 0.336 e. The van der Waals surface area contributed by atoms with E-state index < -0.39 is 5.97 Å². The first kappa shape index (κ1) is 10.8. The Kier molecular flexibility index (Phi) is 3.68. The molecule has 0 amide bonds. The Morgan fingerprint density at radius 1 is 1.50 bits per heavy atom. The molecule has 0 spiro atoms. The zero-order valence-electron chi connectivity index (χ0n) is 7.27. The molecule has 0 saturated heterocycles. The molecule has 3 nitrogen and oxygen atoms in total. The minimum Gasteiger partial charge on any atom is -0.478 e. The van der Waals surface area contributed by atoms with Gasteiger partial charge < -0.3 is 10.2 Å². The first-order chi connectivity index (χ1) is 6.65. The number of carboxylic acids is 1. The lowest BCUT2D eigenvalue weighted by atomic mass is 10.1. The summed E-state index contributed by atoms with van der Waals surface area (Å²) in [6.07, 6.45) is 2.98. The molecule has 1 rings (SSSR count). The Morgan fingerprint density at radius 2 is 2.21 bits per heavy atom. The van der Waals surface area contributed by atoms with Crippen LogP contribution in [-0.4, -0.2) is 22.8 Å². The van der Waals surface area contributed by atoms with Crippen molar-refractivity contribution in [2.24, 2.45) is 0 Å². The fraction of sp³-hybridized carbons (Fsp3) is 0.100. The van der Waals surface area contributed by atoms with Crippen LogP contribution in [0.4, 0.5) is 0 Å². The molecule has 0 fully saturated rings. The Hall–Kier alpha value is -1.32. The van der Waals surface area contributed by atoms with Crippen LogP contribution in [0.5, 0.6) is 0 Å². The average Bonchev–Trinajstić information content (AvgIpc) is 2.14. The molecule has 14 heavy (non-hydrogen) atoms. The summed E-state index contributed by atoms with van der Waals surface area (Å²) in [6, 6.07) is 4.49. The van der Waals surface area contributed by atoms with Crippen molar-refractivity contribution in [3.05, 3.63) is 40.4 Å². The molecule has 0 atom stereocenters. The number of halogens is 1. The van der Waals surface area contributed by atoms with Crippen LogP contribution in [0.1, 0.15) is 15.9 Å². The molecule has 0 aromatic heterocycles. The number of hydrogen-bond donors (Lipinski definition) is 2. The number of carbonyl (C=O) groups is 1. The van der Waals surface area contributed by atoms with E-state index >= 15 is 0 Å². The van der Waals surface area contributed by atoms with Crippen LogP contribution >= 0.6 is 11.6 Å². The number of hydrogen-bond acceptors (Lipinski definition) is 2. The van der Waals surface area contributed by atoms with E-state index in [9.17, 15) is 4.79 Å². The van der Waals surface area contributed by atoms with Crippen molar-refractivity contribution in [3.63, 3.8) is 0 Å². The fourth-order valence-corrected chi connectivity index (χ4v) is 1.23. The first-order valence-electron chi connectivity index (χ1n) is 3.95. The minimum absolute atomic E-state index is 0.133. The van der Waals surface area contributed by atoms with Crippen molar-refractivity contribution in [1.82, 2.24) is 0 Å². The molecule has 1 aromatic carbocycles. The second-order valence-corrected chi connectivity index (χ2v) is 3.06. The Balaban J connectivity index is 3.15. The van der Waals surface area contributed by atoms with Gasteiger partial charge in [0, 0.05) is 5.02 Å². The fourth-order valence-electron chi connectivity index (χ4n) is 1.05. The molecule has 74 valence electrons. The monoisotopic (exact) mass is 212 g/mol.